The molecule has 1 N–H and O–H groups in total. The molecule has 0 saturated carbocycles. The number of anilines is 1. The minimum atomic E-state index is -0.463. The maximum Gasteiger partial charge on any atom is 0.277 e. The van der Waals surface area contributed by atoms with E-state index in [0.717, 1.165) is 16.8 Å². The molecule has 1 aliphatic heterocycles. The summed E-state index contributed by atoms with van der Waals surface area (Å²) in [4.78, 5) is 15.0. The Labute approximate surface area is 161 Å². The van der Waals surface area contributed by atoms with Crippen molar-refractivity contribution in [3.05, 3.63) is 108 Å². The molecule has 4 nitrogen and oxygen atoms in total. The fourth-order valence-electron chi connectivity index (χ4n) is 3.81. The van der Waals surface area contributed by atoms with Gasteiger partial charge in [0.15, 0.2) is 0 Å². The summed E-state index contributed by atoms with van der Waals surface area (Å²) in [5, 5.41) is 7.33. The minimum Gasteiger partial charge on any atom is -0.295 e. The predicted octanol–water partition coefficient (Wildman–Crippen LogP) is 4.97. The molecule has 3 aromatic carbocycles. The van der Waals surface area contributed by atoms with Crippen LogP contribution in [0, 0.1) is 5.82 Å². The Morgan fingerprint density at radius 1 is 0.893 bits per heavy atom. The maximum atomic E-state index is 14.0. The lowest BCUT2D eigenvalue weighted by Crippen LogP contribution is -2.29. The first-order valence-electron chi connectivity index (χ1n) is 9.02. The van der Waals surface area contributed by atoms with E-state index in [0.29, 0.717) is 17.0 Å². The molecule has 28 heavy (non-hydrogen) atoms. The quantitative estimate of drug-likeness (QED) is 0.554. The van der Waals surface area contributed by atoms with Crippen molar-refractivity contribution in [3.63, 3.8) is 0 Å². The lowest BCUT2D eigenvalue weighted by Gasteiger charge is -2.26. The SMILES string of the molecule is O=C1c2[nH]nc(-c3ccccc3)c2C(c2cccc(F)c2)N1c1ccccc1. The van der Waals surface area contributed by atoms with Crippen molar-refractivity contribution in [1.29, 1.82) is 0 Å². The maximum absolute atomic E-state index is 14.0. The number of aromatic nitrogens is 2. The van der Waals surface area contributed by atoms with E-state index in [1.807, 2.05) is 66.7 Å². The zero-order chi connectivity index (χ0) is 19.1. The van der Waals surface area contributed by atoms with Crippen LogP contribution in [0.3, 0.4) is 0 Å². The Morgan fingerprint density at radius 2 is 1.61 bits per heavy atom. The molecule has 0 fully saturated rings. The Hall–Kier alpha value is -3.73. The van der Waals surface area contributed by atoms with Gasteiger partial charge >= 0.3 is 0 Å². The van der Waals surface area contributed by atoms with Crippen LogP contribution >= 0.6 is 0 Å². The molecule has 136 valence electrons. The monoisotopic (exact) mass is 369 g/mol. The van der Waals surface area contributed by atoms with Gasteiger partial charge in [-0.15, -0.1) is 0 Å². The third-order valence-electron chi connectivity index (χ3n) is 5.01. The van der Waals surface area contributed by atoms with Crippen LogP contribution in [-0.2, 0) is 0 Å². The molecule has 0 bridgehead atoms. The molecule has 5 heteroatoms. The lowest BCUT2D eigenvalue weighted by atomic mass is 9.96. The fourth-order valence-corrected chi connectivity index (χ4v) is 3.81. The second kappa shape index (κ2) is 6.46. The van der Waals surface area contributed by atoms with Gasteiger partial charge in [0.05, 0.1) is 11.7 Å². The van der Waals surface area contributed by atoms with Crippen molar-refractivity contribution in [2.45, 2.75) is 6.04 Å². The molecule has 5 rings (SSSR count). The lowest BCUT2D eigenvalue weighted by molar-refractivity contribution is 0.0988. The van der Waals surface area contributed by atoms with Gasteiger partial charge in [-0.25, -0.2) is 4.39 Å². The number of nitrogens with zero attached hydrogens (tertiary/aromatic N) is 2. The van der Waals surface area contributed by atoms with E-state index >= 15 is 0 Å². The van der Waals surface area contributed by atoms with Crippen molar-refractivity contribution < 1.29 is 9.18 Å². The number of amides is 1. The minimum absolute atomic E-state index is 0.176. The third kappa shape index (κ3) is 2.52. The number of rotatable bonds is 3. The number of carbonyl (C=O) groups is 1. The van der Waals surface area contributed by atoms with Crippen molar-refractivity contribution in [3.8, 4) is 11.3 Å². The molecule has 0 radical (unpaired) electrons. The summed E-state index contributed by atoms with van der Waals surface area (Å²) in [7, 11) is 0. The molecule has 4 aromatic rings. The average molecular weight is 369 g/mol. The summed E-state index contributed by atoms with van der Waals surface area (Å²) in [5.74, 6) is -0.513. The predicted molar refractivity (Wildman–Crippen MR) is 106 cm³/mol. The van der Waals surface area contributed by atoms with Crippen LogP contribution in [0.15, 0.2) is 84.9 Å². The molecular formula is C23H16FN3O. The number of halogens is 1. The number of H-pyrrole nitrogens is 1. The zero-order valence-electron chi connectivity index (χ0n) is 14.8. The van der Waals surface area contributed by atoms with Gasteiger partial charge in [-0.3, -0.25) is 14.8 Å². The van der Waals surface area contributed by atoms with E-state index in [9.17, 15) is 9.18 Å². The number of aromatic amines is 1. The van der Waals surface area contributed by atoms with E-state index in [4.69, 9.17) is 0 Å². The van der Waals surface area contributed by atoms with Crippen molar-refractivity contribution >= 4 is 11.6 Å². The average Bonchev–Trinajstić information content (AvgIpc) is 3.28. The third-order valence-corrected chi connectivity index (χ3v) is 5.01. The molecule has 1 amide bonds. The molecular weight excluding hydrogens is 353 g/mol. The van der Waals surface area contributed by atoms with E-state index in [2.05, 4.69) is 10.2 Å². The molecule has 0 saturated heterocycles. The number of hydrogen-bond donors (Lipinski definition) is 1. The Balaban J connectivity index is 1.75. The highest BCUT2D eigenvalue weighted by Gasteiger charge is 2.43. The molecule has 0 aliphatic carbocycles. The van der Waals surface area contributed by atoms with Crippen LogP contribution in [0.2, 0.25) is 0 Å². The van der Waals surface area contributed by atoms with Crippen LogP contribution in [0.25, 0.3) is 11.3 Å². The van der Waals surface area contributed by atoms with Gasteiger partial charge in [-0.2, -0.15) is 5.10 Å². The zero-order valence-corrected chi connectivity index (χ0v) is 14.8. The van der Waals surface area contributed by atoms with Gasteiger partial charge in [0.1, 0.15) is 11.5 Å². The molecule has 0 spiro atoms. The second-order valence-electron chi connectivity index (χ2n) is 6.70. The van der Waals surface area contributed by atoms with Gasteiger partial charge in [0.2, 0.25) is 0 Å². The second-order valence-corrected chi connectivity index (χ2v) is 6.70. The van der Waals surface area contributed by atoms with Gasteiger partial charge in [0.25, 0.3) is 5.91 Å². The number of fused-ring (bicyclic) bond motifs is 1. The summed E-state index contributed by atoms with van der Waals surface area (Å²) >= 11 is 0. The van der Waals surface area contributed by atoms with Gasteiger partial charge in [-0.05, 0) is 29.8 Å². The van der Waals surface area contributed by atoms with E-state index in [1.165, 1.54) is 12.1 Å². The Kier molecular flexibility index (Phi) is 3.79. The van der Waals surface area contributed by atoms with Crippen LogP contribution < -0.4 is 4.90 Å². The fraction of sp³-hybridized carbons (Fsp3) is 0.0435. The number of carbonyl (C=O) groups excluding carboxylic acids is 1. The largest absolute Gasteiger partial charge is 0.295 e. The summed E-state index contributed by atoms with van der Waals surface area (Å²) in [5.41, 5.74) is 4.28. The highest BCUT2D eigenvalue weighted by atomic mass is 19.1. The van der Waals surface area contributed by atoms with Crippen molar-refractivity contribution in [2.24, 2.45) is 0 Å². The van der Waals surface area contributed by atoms with Crippen molar-refractivity contribution in [1.82, 2.24) is 10.2 Å². The van der Waals surface area contributed by atoms with Gasteiger partial charge < -0.3 is 0 Å². The first-order valence-corrected chi connectivity index (χ1v) is 9.02. The van der Waals surface area contributed by atoms with Crippen LogP contribution in [0.4, 0.5) is 10.1 Å². The first-order chi connectivity index (χ1) is 13.7. The summed E-state index contributed by atoms with van der Waals surface area (Å²) in [6.45, 7) is 0. The number of para-hydroxylation sites is 1. The number of benzene rings is 3. The van der Waals surface area contributed by atoms with Gasteiger partial charge in [-0.1, -0.05) is 60.7 Å². The molecule has 1 aromatic heterocycles. The molecule has 2 heterocycles. The molecule has 1 aliphatic rings. The van der Waals surface area contributed by atoms with E-state index in [1.54, 1.807) is 11.0 Å². The van der Waals surface area contributed by atoms with Crippen molar-refractivity contribution in [2.75, 3.05) is 4.90 Å². The van der Waals surface area contributed by atoms with Crippen LogP contribution in [-0.4, -0.2) is 16.1 Å². The summed E-state index contributed by atoms with van der Waals surface area (Å²) < 4.78 is 14.0. The summed E-state index contributed by atoms with van der Waals surface area (Å²) in [6.07, 6.45) is 0. The van der Waals surface area contributed by atoms with Crippen LogP contribution in [0.5, 0.6) is 0 Å². The topological polar surface area (TPSA) is 49.0 Å². The standard InChI is InChI=1S/C23H16FN3O/c24-17-11-7-10-16(14-17)22-19-20(15-8-3-1-4-9-15)25-26-21(19)23(28)27(22)18-12-5-2-6-13-18/h1-14,22H,(H,25,26). The molecule has 1 unspecified atom stereocenters. The van der Waals surface area contributed by atoms with Gasteiger partial charge in [0, 0.05) is 16.8 Å². The number of hydrogen-bond acceptors (Lipinski definition) is 2. The van der Waals surface area contributed by atoms with E-state index < -0.39 is 6.04 Å². The highest BCUT2D eigenvalue weighted by Crippen LogP contribution is 2.44. The molecule has 1 atom stereocenters. The normalized spacial score (nSPS) is 15.7. The number of nitrogens with one attached hydrogen (secondary N) is 1. The smallest absolute Gasteiger partial charge is 0.277 e. The first kappa shape index (κ1) is 16.4. The van der Waals surface area contributed by atoms with E-state index in [-0.39, 0.29) is 11.7 Å². The Morgan fingerprint density at radius 3 is 2.32 bits per heavy atom. The highest BCUT2D eigenvalue weighted by molar-refractivity contribution is 6.11. The van der Waals surface area contributed by atoms with Crippen LogP contribution in [0.1, 0.15) is 27.7 Å². The summed E-state index contributed by atoms with van der Waals surface area (Å²) in [6, 6.07) is 25.1. The Bertz CT molecular complexity index is 1150.